The molecular formula is C25H34O3S2. The second-order valence-corrected chi connectivity index (χ2v) is 11.7. The van der Waals surface area contributed by atoms with Gasteiger partial charge >= 0.3 is 0 Å². The molecule has 3 nitrogen and oxygen atoms in total. The maximum Gasteiger partial charge on any atom is 0.138 e. The van der Waals surface area contributed by atoms with Crippen molar-refractivity contribution in [3.8, 4) is 5.75 Å². The van der Waals surface area contributed by atoms with E-state index in [0.717, 1.165) is 55.3 Å². The van der Waals surface area contributed by atoms with Crippen LogP contribution in [-0.4, -0.2) is 17.0 Å². The molecule has 1 N–H and O–H groups in total. The van der Waals surface area contributed by atoms with E-state index in [9.17, 15) is 9.90 Å². The summed E-state index contributed by atoms with van der Waals surface area (Å²) < 4.78 is 5.48. The van der Waals surface area contributed by atoms with E-state index in [1.807, 2.05) is 0 Å². The van der Waals surface area contributed by atoms with Crippen LogP contribution >= 0.6 is 22.7 Å². The molecule has 0 amide bonds. The van der Waals surface area contributed by atoms with Crippen LogP contribution < -0.4 is 4.18 Å². The van der Waals surface area contributed by atoms with E-state index in [2.05, 4.69) is 49.8 Å². The third kappa shape index (κ3) is 3.17. The highest BCUT2D eigenvalue weighted by molar-refractivity contribution is 8.66. The first-order chi connectivity index (χ1) is 14.4. The fourth-order valence-corrected chi connectivity index (χ4v) is 8.79. The average molecular weight is 447 g/mol. The zero-order valence-electron chi connectivity index (χ0n) is 18.0. The quantitative estimate of drug-likeness (QED) is 0.328. The molecule has 8 atom stereocenters. The van der Waals surface area contributed by atoms with E-state index < -0.39 is 0 Å². The van der Waals surface area contributed by atoms with E-state index in [1.165, 1.54) is 18.4 Å². The number of aliphatic hydroxyl groups is 1. The zero-order chi connectivity index (χ0) is 21.1. The van der Waals surface area contributed by atoms with Crippen LogP contribution in [0.5, 0.6) is 5.75 Å². The van der Waals surface area contributed by atoms with Gasteiger partial charge in [0.2, 0.25) is 0 Å². The number of ketones is 1. The Morgan fingerprint density at radius 3 is 2.60 bits per heavy atom. The molecule has 8 unspecified atom stereocenters. The molecule has 0 aromatic heterocycles. The summed E-state index contributed by atoms with van der Waals surface area (Å²) in [5.74, 6) is 4.13. The molecule has 0 saturated heterocycles. The lowest BCUT2D eigenvalue weighted by Crippen LogP contribution is -2.56. The van der Waals surface area contributed by atoms with E-state index in [1.54, 1.807) is 0 Å². The predicted octanol–water partition coefficient (Wildman–Crippen LogP) is 6.22. The summed E-state index contributed by atoms with van der Waals surface area (Å²) in [6.07, 6.45) is 7.95. The van der Waals surface area contributed by atoms with Crippen LogP contribution in [0.3, 0.4) is 0 Å². The van der Waals surface area contributed by atoms with E-state index in [-0.39, 0.29) is 16.9 Å². The first-order valence-electron chi connectivity index (χ1n) is 11.6. The Balaban J connectivity index is 1.56. The van der Waals surface area contributed by atoms with Gasteiger partial charge in [-0.2, -0.15) is 0 Å². The monoisotopic (exact) mass is 446 g/mol. The lowest BCUT2D eigenvalue weighted by atomic mass is 9.42. The average Bonchev–Trinajstić information content (AvgIpc) is 3.03. The van der Waals surface area contributed by atoms with Crippen molar-refractivity contribution in [2.24, 2.45) is 34.5 Å². The number of carbonyl (C=O) groups excluding carboxylic acids is 1. The van der Waals surface area contributed by atoms with Crippen molar-refractivity contribution in [1.29, 1.82) is 0 Å². The zero-order valence-corrected chi connectivity index (χ0v) is 19.8. The van der Waals surface area contributed by atoms with Crippen LogP contribution in [0.1, 0.15) is 76.7 Å². The number of thiol groups is 1. The van der Waals surface area contributed by atoms with Gasteiger partial charge in [0.05, 0.1) is 6.10 Å². The number of carbonyl (C=O) groups is 1. The summed E-state index contributed by atoms with van der Waals surface area (Å²) in [6.45, 7) is 4.85. The van der Waals surface area contributed by atoms with Gasteiger partial charge < -0.3 is 9.29 Å². The van der Waals surface area contributed by atoms with Gasteiger partial charge in [-0.15, -0.1) is 0 Å². The smallest absolute Gasteiger partial charge is 0.138 e. The molecule has 5 rings (SSSR count). The van der Waals surface area contributed by atoms with Crippen molar-refractivity contribution >= 4 is 28.5 Å². The Hall–Kier alpha value is -0.650. The topological polar surface area (TPSA) is 46.5 Å². The normalized spacial score (nSPS) is 45.4. The van der Waals surface area contributed by atoms with Gasteiger partial charge in [-0.25, -0.2) is 0 Å². The highest BCUT2D eigenvalue weighted by Gasteiger charge is 2.63. The highest BCUT2D eigenvalue weighted by atomic mass is 33.1. The molecule has 4 aliphatic rings. The van der Waals surface area contributed by atoms with E-state index in [4.69, 9.17) is 4.18 Å². The molecule has 0 heterocycles. The molecule has 0 bridgehead atoms. The number of hydrogen-bond acceptors (Lipinski definition) is 5. The molecule has 5 heteroatoms. The molecule has 1 aromatic carbocycles. The standard InChI is InChI=1S/C25H34O3S2/c1-24-12-11-17(26)13-16(24)5-8-19-21-9-10-22(27)25(21,2)14-20(23(19)24)15-3-6-18(7-4-15)28-30-29/h3-4,6-7,16,19-23,27,29H,5,8-14H2,1-2H3. The summed E-state index contributed by atoms with van der Waals surface area (Å²) in [5, 5.41) is 11.0. The van der Waals surface area contributed by atoms with Crippen LogP contribution in [0.25, 0.3) is 0 Å². The molecule has 4 saturated carbocycles. The minimum Gasteiger partial charge on any atom is -0.415 e. The number of Topliss-reactive ketones (excluding diaryl/α,β-unsaturated/α-hetero) is 1. The molecule has 0 spiro atoms. The van der Waals surface area contributed by atoms with Crippen molar-refractivity contribution in [3.63, 3.8) is 0 Å². The van der Waals surface area contributed by atoms with Crippen LogP contribution in [0.15, 0.2) is 24.3 Å². The summed E-state index contributed by atoms with van der Waals surface area (Å²) >= 11 is 5.16. The Kier molecular flexibility index (Phi) is 5.47. The van der Waals surface area contributed by atoms with Gasteiger partial charge in [-0.3, -0.25) is 4.79 Å². The second kappa shape index (κ2) is 7.74. The summed E-state index contributed by atoms with van der Waals surface area (Å²) in [4.78, 5) is 12.3. The first kappa shape index (κ1) is 21.2. The van der Waals surface area contributed by atoms with Gasteiger partial charge in [0.15, 0.2) is 0 Å². The predicted molar refractivity (Wildman–Crippen MR) is 125 cm³/mol. The van der Waals surface area contributed by atoms with Crippen molar-refractivity contribution in [2.75, 3.05) is 0 Å². The molecule has 1 aromatic rings. The second-order valence-electron chi connectivity index (χ2n) is 11.0. The number of aliphatic hydroxyl groups excluding tert-OH is 1. The third-order valence-corrected chi connectivity index (χ3v) is 10.3. The Morgan fingerprint density at radius 1 is 1.10 bits per heavy atom. The van der Waals surface area contributed by atoms with Gasteiger partial charge in [-0.05, 0) is 96.6 Å². The summed E-state index contributed by atoms with van der Waals surface area (Å²) in [6, 6.07) is 8.57. The highest BCUT2D eigenvalue weighted by Crippen LogP contribution is 2.69. The van der Waals surface area contributed by atoms with Gasteiger partial charge in [0.25, 0.3) is 0 Å². The number of rotatable bonds is 3. The van der Waals surface area contributed by atoms with Gasteiger partial charge in [0.1, 0.15) is 22.6 Å². The van der Waals surface area contributed by atoms with Crippen LogP contribution in [0, 0.1) is 34.5 Å². The van der Waals surface area contributed by atoms with E-state index >= 15 is 0 Å². The molecule has 4 fully saturated rings. The largest absolute Gasteiger partial charge is 0.415 e. The van der Waals surface area contributed by atoms with Gasteiger partial charge in [0, 0.05) is 12.8 Å². The van der Waals surface area contributed by atoms with Gasteiger partial charge in [-0.1, -0.05) is 37.6 Å². The lowest BCUT2D eigenvalue weighted by molar-refractivity contribution is -0.147. The minimum atomic E-state index is -0.187. The van der Waals surface area contributed by atoms with E-state index in [0.29, 0.717) is 35.4 Å². The number of benzene rings is 1. The van der Waals surface area contributed by atoms with Crippen molar-refractivity contribution in [2.45, 2.75) is 77.2 Å². The Labute approximate surface area is 189 Å². The van der Waals surface area contributed by atoms with Crippen molar-refractivity contribution < 1.29 is 14.1 Å². The minimum absolute atomic E-state index is 0.00956. The molecule has 30 heavy (non-hydrogen) atoms. The Morgan fingerprint density at radius 2 is 1.87 bits per heavy atom. The molecule has 4 aliphatic carbocycles. The fourth-order valence-electron chi connectivity index (χ4n) is 8.34. The molecular weight excluding hydrogens is 412 g/mol. The Bertz CT molecular complexity index is 811. The number of hydrogen-bond donors (Lipinski definition) is 2. The van der Waals surface area contributed by atoms with Crippen LogP contribution in [0.2, 0.25) is 0 Å². The molecule has 164 valence electrons. The fraction of sp³-hybridized carbons (Fsp3) is 0.720. The summed E-state index contributed by atoms with van der Waals surface area (Å²) in [5.41, 5.74) is 1.61. The van der Waals surface area contributed by atoms with Crippen LogP contribution in [-0.2, 0) is 4.79 Å². The van der Waals surface area contributed by atoms with Crippen LogP contribution in [0.4, 0.5) is 0 Å². The SMILES string of the molecule is CC12CC(c3ccc(OSS)cc3)C3C(CCC4CC(=O)CCC43C)C1CCC2O. The lowest BCUT2D eigenvalue weighted by Gasteiger charge is -2.62. The molecule has 0 aliphatic heterocycles. The van der Waals surface area contributed by atoms with Crippen molar-refractivity contribution in [1.82, 2.24) is 0 Å². The maximum absolute atomic E-state index is 12.3. The summed E-state index contributed by atoms with van der Waals surface area (Å²) in [7, 11) is 0. The first-order valence-corrected chi connectivity index (χ1v) is 13.4. The third-order valence-electron chi connectivity index (χ3n) is 9.83. The van der Waals surface area contributed by atoms with Crippen molar-refractivity contribution in [3.05, 3.63) is 29.8 Å². The number of fused-ring (bicyclic) bond motifs is 5. The molecule has 0 radical (unpaired) electrons. The maximum atomic E-state index is 12.3.